The minimum absolute atomic E-state index is 0.0429. The number of nitrogens with one attached hydrogen (secondary N) is 1. The van der Waals surface area contributed by atoms with E-state index in [1.807, 2.05) is 6.08 Å². The summed E-state index contributed by atoms with van der Waals surface area (Å²) in [7, 11) is -4.41. The maximum Gasteiger partial charge on any atom is 0.472 e. The van der Waals surface area contributed by atoms with Crippen LogP contribution >= 0.6 is 7.82 Å². The summed E-state index contributed by atoms with van der Waals surface area (Å²) in [6.45, 7) is 3.95. The van der Waals surface area contributed by atoms with Crippen molar-refractivity contribution in [2.24, 2.45) is 5.73 Å². The molecule has 0 saturated heterocycles. The lowest BCUT2D eigenvalue weighted by Gasteiger charge is -2.24. The van der Waals surface area contributed by atoms with Gasteiger partial charge in [-0.25, -0.2) is 4.57 Å². The number of phosphoric acid groups is 1. The Kier molecular flexibility index (Phi) is 40.8. The molecular formula is C46H89N2O7P. The molecule has 0 rings (SSSR count). The fourth-order valence-corrected chi connectivity index (χ4v) is 7.48. The second-order valence-corrected chi connectivity index (χ2v) is 17.2. The van der Waals surface area contributed by atoms with Crippen LogP contribution in [0.15, 0.2) is 36.5 Å². The van der Waals surface area contributed by atoms with Gasteiger partial charge in [-0.15, -0.1) is 0 Å². The third kappa shape index (κ3) is 39.5. The van der Waals surface area contributed by atoms with Crippen molar-refractivity contribution in [1.29, 1.82) is 0 Å². The van der Waals surface area contributed by atoms with Crippen LogP contribution < -0.4 is 11.1 Å². The minimum atomic E-state index is -4.41. The fraction of sp³-hybridized carbons (Fsp3) is 0.848. The van der Waals surface area contributed by atoms with E-state index >= 15 is 0 Å². The molecule has 0 heterocycles. The van der Waals surface area contributed by atoms with Crippen LogP contribution in [0.3, 0.4) is 0 Å². The van der Waals surface area contributed by atoms with Gasteiger partial charge in [0, 0.05) is 6.54 Å². The van der Waals surface area contributed by atoms with E-state index < -0.39 is 38.6 Å². The van der Waals surface area contributed by atoms with Crippen LogP contribution in [-0.4, -0.2) is 59.0 Å². The molecule has 56 heavy (non-hydrogen) atoms. The fourth-order valence-electron chi connectivity index (χ4n) is 6.72. The Morgan fingerprint density at radius 1 is 0.607 bits per heavy atom. The van der Waals surface area contributed by atoms with Gasteiger partial charge in [0.1, 0.15) is 0 Å². The summed E-state index contributed by atoms with van der Waals surface area (Å²) in [5.74, 6) is -0.464. The van der Waals surface area contributed by atoms with Crippen LogP contribution in [0.2, 0.25) is 0 Å². The van der Waals surface area contributed by atoms with E-state index in [1.54, 1.807) is 6.08 Å². The molecule has 9 nitrogen and oxygen atoms in total. The summed E-state index contributed by atoms with van der Waals surface area (Å²) in [5.41, 5.74) is 5.36. The molecule has 0 aromatic rings. The molecule has 6 N–H and O–H groups in total. The number of hydrogen-bond donors (Lipinski definition) is 5. The highest BCUT2D eigenvalue weighted by Gasteiger charge is 2.27. The number of rotatable bonds is 43. The molecule has 10 heteroatoms. The maximum atomic E-state index is 12.8. The Labute approximate surface area is 344 Å². The van der Waals surface area contributed by atoms with E-state index in [2.05, 4.69) is 43.5 Å². The Bertz CT molecular complexity index is 993. The first-order valence-corrected chi connectivity index (χ1v) is 24.7. The van der Waals surface area contributed by atoms with Crippen molar-refractivity contribution in [3.05, 3.63) is 36.5 Å². The summed E-state index contributed by atoms with van der Waals surface area (Å²) in [4.78, 5) is 22.8. The standard InChI is InChI=1S/C46H89N2O7P/c1-3-5-7-9-11-13-15-17-19-20-21-22-23-24-26-28-30-32-34-36-38-45(50)44(42-55-56(52,53)54-40-39-47)48-46(51)41-43(49)37-35-33-31-29-27-25-18-16-14-12-10-8-6-4-2/h25,27-28,30,36,38,43-45,49-50H,3-24,26,29,31-35,37,39-42,47H2,1-2H3,(H,48,51)(H,52,53)/b27-25-,30-28+,38-36+. The third-order valence-corrected chi connectivity index (χ3v) is 11.2. The zero-order valence-electron chi connectivity index (χ0n) is 36.2. The van der Waals surface area contributed by atoms with Gasteiger partial charge in [0.05, 0.1) is 37.9 Å². The van der Waals surface area contributed by atoms with Gasteiger partial charge in [-0.3, -0.25) is 13.8 Å². The van der Waals surface area contributed by atoms with Crippen LogP contribution in [0.1, 0.15) is 213 Å². The Balaban J connectivity index is 4.34. The number of phosphoric ester groups is 1. The van der Waals surface area contributed by atoms with Gasteiger partial charge in [0.2, 0.25) is 5.91 Å². The average Bonchev–Trinajstić information content (AvgIpc) is 3.17. The minimum Gasteiger partial charge on any atom is -0.393 e. The van der Waals surface area contributed by atoms with Crippen LogP contribution in [-0.2, 0) is 18.4 Å². The van der Waals surface area contributed by atoms with E-state index in [0.29, 0.717) is 12.8 Å². The van der Waals surface area contributed by atoms with Gasteiger partial charge in [-0.1, -0.05) is 185 Å². The highest BCUT2D eigenvalue weighted by Crippen LogP contribution is 2.43. The van der Waals surface area contributed by atoms with E-state index in [0.717, 1.165) is 44.9 Å². The number of nitrogens with two attached hydrogens (primary N) is 1. The monoisotopic (exact) mass is 813 g/mol. The van der Waals surface area contributed by atoms with Crippen molar-refractivity contribution in [2.75, 3.05) is 19.8 Å². The molecule has 0 aliphatic rings. The molecule has 0 saturated carbocycles. The average molecular weight is 813 g/mol. The predicted molar refractivity (Wildman–Crippen MR) is 237 cm³/mol. The van der Waals surface area contributed by atoms with Gasteiger partial charge in [-0.2, -0.15) is 0 Å². The summed E-state index contributed by atoms with van der Waals surface area (Å²) in [6, 6.07) is -1.00. The molecule has 4 unspecified atom stereocenters. The first kappa shape index (κ1) is 54.7. The number of aliphatic hydroxyl groups is 2. The second-order valence-electron chi connectivity index (χ2n) is 15.8. The van der Waals surface area contributed by atoms with Crippen LogP contribution in [0.4, 0.5) is 0 Å². The van der Waals surface area contributed by atoms with Crippen LogP contribution in [0.5, 0.6) is 0 Å². The number of hydrogen-bond acceptors (Lipinski definition) is 7. The molecule has 0 aliphatic heterocycles. The summed E-state index contributed by atoms with van der Waals surface area (Å²) >= 11 is 0. The normalized spacial score (nSPS) is 14.9. The summed E-state index contributed by atoms with van der Waals surface area (Å²) in [6.07, 6.45) is 46.6. The number of amides is 1. The van der Waals surface area contributed by atoms with E-state index in [4.69, 9.17) is 14.8 Å². The van der Waals surface area contributed by atoms with Gasteiger partial charge < -0.3 is 26.2 Å². The lowest BCUT2D eigenvalue weighted by atomic mass is 10.0. The molecular weight excluding hydrogens is 723 g/mol. The SMILES string of the molecule is CCCCCCCCC/C=C\CCCCCC(O)CC(=O)NC(COP(=O)(O)OCCN)C(O)/C=C/CC/C=C/CCCCCCCCCCCCCCCC. The first-order chi connectivity index (χ1) is 27.3. The molecule has 330 valence electrons. The molecule has 0 radical (unpaired) electrons. The van der Waals surface area contributed by atoms with E-state index in [9.17, 15) is 24.5 Å². The molecule has 0 aromatic heterocycles. The molecule has 0 aromatic carbocycles. The lowest BCUT2D eigenvalue weighted by Crippen LogP contribution is -2.46. The Hall–Kier alpha value is -1.32. The summed E-state index contributed by atoms with van der Waals surface area (Å²) < 4.78 is 22.1. The van der Waals surface area contributed by atoms with Crippen molar-refractivity contribution < 1.29 is 33.5 Å². The third-order valence-electron chi connectivity index (χ3n) is 10.2. The van der Waals surface area contributed by atoms with Gasteiger partial charge in [-0.05, 0) is 57.8 Å². The Morgan fingerprint density at radius 2 is 1.02 bits per heavy atom. The quantitative estimate of drug-likeness (QED) is 0.0232. The van der Waals surface area contributed by atoms with Crippen molar-refractivity contribution in [3.63, 3.8) is 0 Å². The van der Waals surface area contributed by atoms with Crippen LogP contribution in [0, 0.1) is 0 Å². The highest BCUT2D eigenvalue weighted by atomic mass is 31.2. The highest BCUT2D eigenvalue weighted by molar-refractivity contribution is 7.47. The molecule has 4 atom stereocenters. The summed E-state index contributed by atoms with van der Waals surface area (Å²) in [5, 5.41) is 24.0. The largest absolute Gasteiger partial charge is 0.472 e. The van der Waals surface area contributed by atoms with Crippen molar-refractivity contribution in [3.8, 4) is 0 Å². The van der Waals surface area contributed by atoms with Gasteiger partial charge in [0.15, 0.2) is 0 Å². The second kappa shape index (κ2) is 41.8. The van der Waals surface area contributed by atoms with Crippen molar-refractivity contribution in [2.45, 2.75) is 231 Å². The Morgan fingerprint density at radius 3 is 1.48 bits per heavy atom. The number of carbonyl (C=O) groups is 1. The number of carbonyl (C=O) groups excluding carboxylic acids is 1. The molecule has 1 amide bonds. The smallest absolute Gasteiger partial charge is 0.393 e. The lowest BCUT2D eigenvalue weighted by molar-refractivity contribution is -0.124. The predicted octanol–water partition coefficient (Wildman–Crippen LogP) is 12.1. The topological polar surface area (TPSA) is 151 Å². The zero-order chi connectivity index (χ0) is 41.2. The van der Waals surface area contributed by atoms with Crippen molar-refractivity contribution in [1.82, 2.24) is 5.32 Å². The molecule has 0 bridgehead atoms. The van der Waals surface area contributed by atoms with E-state index in [1.165, 1.54) is 135 Å². The number of allylic oxidation sites excluding steroid dienone is 5. The van der Waals surface area contributed by atoms with Gasteiger partial charge in [0.25, 0.3) is 0 Å². The maximum absolute atomic E-state index is 12.8. The van der Waals surface area contributed by atoms with Crippen molar-refractivity contribution >= 4 is 13.7 Å². The zero-order valence-corrected chi connectivity index (χ0v) is 37.1. The molecule has 0 spiro atoms. The van der Waals surface area contributed by atoms with E-state index in [-0.39, 0.29) is 19.6 Å². The van der Waals surface area contributed by atoms with Gasteiger partial charge >= 0.3 is 7.82 Å². The molecule has 0 aliphatic carbocycles. The number of aliphatic hydroxyl groups excluding tert-OH is 2. The molecule has 0 fully saturated rings. The number of unbranched alkanes of at least 4 members (excludes halogenated alkanes) is 25. The van der Waals surface area contributed by atoms with Crippen LogP contribution in [0.25, 0.3) is 0 Å². The first-order valence-electron chi connectivity index (χ1n) is 23.2.